The van der Waals surface area contributed by atoms with E-state index in [4.69, 9.17) is 4.74 Å². The molecule has 27 heavy (non-hydrogen) atoms. The minimum absolute atomic E-state index is 0.512. The number of rotatable bonds is 6. The van der Waals surface area contributed by atoms with Crippen LogP contribution in [0.15, 0.2) is 97.2 Å². The molecule has 0 atom stereocenters. The molecule has 0 saturated carbocycles. The molecule has 0 aliphatic carbocycles. The van der Waals surface area contributed by atoms with Crippen molar-refractivity contribution in [3.05, 3.63) is 103 Å². The zero-order chi connectivity index (χ0) is 18.3. The molecule has 1 aromatic heterocycles. The average Bonchev–Trinajstić information content (AvgIpc) is 2.74. The Bertz CT molecular complexity index is 1000. The van der Waals surface area contributed by atoms with Crippen LogP contribution in [-0.2, 0) is 6.61 Å². The number of nitrogens with one attached hydrogen (secondary N) is 1. The first-order valence-electron chi connectivity index (χ1n) is 8.80. The van der Waals surface area contributed by atoms with Crippen molar-refractivity contribution >= 4 is 11.6 Å². The number of para-hydroxylation sites is 2. The van der Waals surface area contributed by atoms with E-state index >= 15 is 0 Å². The number of ether oxygens (including phenoxy) is 1. The predicted octanol–water partition coefficient (Wildman–Crippen LogP) is 5.47. The molecule has 0 spiro atoms. The van der Waals surface area contributed by atoms with Crippen LogP contribution >= 0.6 is 0 Å². The molecule has 132 valence electrons. The SMILES string of the molecule is c1ccc(COc2ccccc2-c2ccnc(Nc3ccccc3)n2)cc1. The Morgan fingerprint density at radius 1 is 0.741 bits per heavy atom. The molecular formula is C23H19N3O. The summed E-state index contributed by atoms with van der Waals surface area (Å²) in [6.45, 7) is 0.512. The van der Waals surface area contributed by atoms with Crippen LogP contribution < -0.4 is 10.1 Å². The Morgan fingerprint density at radius 2 is 1.44 bits per heavy atom. The van der Waals surface area contributed by atoms with Crippen LogP contribution in [0.25, 0.3) is 11.3 Å². The number of hydrogen-bond acceptors (Lipinski definition) is 4. The van der Waals surface area contributed by atoms with Crippen molar-refractivity contribution in [2.45, 2.75) is 6.61 Å². The van der Waals surface area contributed by atoms with Gasteiger partial charge in [0.15, 0.2) is 0 Å². The van der Waals surface area contributed by atoms with Gasteiger partial charge in [-0.2, -0.15) is 0 Å². The smallest absolute Gasteiger partial charge is 0.227 e. The van der Waals surface area contributed by atoms with Crippen molar-refractivity contribution in [2.24, 2.45) is 0 Å². The second kappa shape index (κ2) is 8.15. The third-order valence-electron chi connectivity index (χ3n) is 4.09. The molecule has 4 nitrogen and oxygen atoms in total. The Kier molecular flexibility index (Phi) is 5.07. The summed E-state index contributed by atoms with van der Waals surface area (Å²) in [6, 6.07) is 29.8. The maximum Gasteiger partial charge on any atom is 0.227 e. The molecule has 0 radical (unpaired) electrons. The van der Waals surface area contributed by atoms with E-state index in [2.05, 4.69) is 27.4 Å². The highest BCUT2D eigenvalue weighted by atomic mass is 16.5. The van der Waals surface area contributed by atoms with E-state index in [1.54, 1.807) is 6.20 Å². The third kappa shape index (κ3) is 4.30. The number of nitrogens with zero attached hydrogens (tertiary/aromatic N) is 2. The van der Waals surface area contributed by atoms with Crippen molar-refractivity contribution in [1.82, 2.24) is 9.97 Å². The molecule has 1 heterocycles. The highest BCUT2D eigenvalue weighted by Gasteiger charge is 2.09. The molecule has 0 amide bonds. The van der Waals surface area contributed by atoms with Crippen LogP contribution in [0.5, 0.6) is 5.75 Å². The van der Waals surface area contributed by atoms with Gasteiger partial charge >= 0.3 is 0 Å². The first kappa shape index (κ1) is 16.8. The molecule has 4 heteroatoms. The fraction of sp³-hybridized carbons (Fsp3) is 0.0435. The molecule has 1 N–H and O–H groups in total. The number of aromatic nitrogens is 2. The van der Waals surface area contributed by atoms with Gasteiger partial charge in [0.2, 0.25) is 5.95 Å². The summed E-state index contributed by atoms with van der Waals surface area (Å²) in [5, 5.41) is 3.23. The lowest BCUT2D eigenvalue weighted by Gasteiger charge is -2.12. The predicted molar refractivity (Wildman–Crippen MR) is 108 cm³/mol. The van der Waals surface area contributed by atoms with E-state index in [0.717, 1.165) is 28.3 Å². The molecule has 0 bridgehead atoms. The molecule has 0 fully saturated rings. The maximum atomic E-state index is 6.05. The van der Waals surface area contributed by atoms with Crippen molar-refractivity contribution < 1.29 is 4.74 Å². The second-order valence-corrected chi connectivity index (χ2v) is 6.03. The van der Waals surface area contributed by atoms with Crippen molar-refractivity contribution in [1.29, 1.82) is 0 Å². The number of hydrogen-bond donors (Lipinski definition) is 1. The van der Waals surface area contributed by atoms with E-state index < -0.39 is 0 Å². The van der Waals surface area contributed by atoms with Crippen LogP contribution in [0.3, 0.4) is 0 Å². The molecule has 0 aliphatic heterocycles. The zero-order valence-electron chi connectivity index (χ0n) is 14.7. The molecule has 3 aromatic carbocycles. The fourth-order valence-corrected chi connectivity index (χ4v) is 2.76. The van der Waals surface area contributed by atoms with Gasteiger partial charge in [0.05, 0.1) is 5.69 Å². The normalized spacial score (nSPS) is 10.4. The highest BCUT2D eigenvalue weighted by Crippen LogP contribution is 2.29. The lowest BCUT2D eigenvalue weighted by atomic mass is 10.1. The largest absolute Gasteiger partial charge is 0.488 e. The van der Waals surface area contributed by atoms with E-state index in [1.807, 2.05) is 78.9 Å². The topological polar surface area (TPSA) is 47.0 Å². The van der Waals surface area contributed by atoms with E-state index in [0.29, 0.717) is 12.6 Å². The van der Waals surface area contributed by atoms with Gasteiger partial charge in [-0.25, -0.2) is 9.97 Å². The summed E-state index contributed by atoms with van der Waals surface area (Å²) in [4.78, 5) is 8.97. The Balaban J connectivity index is 1.57. The Hall–Kier alpha value is -3.66. The molecule has 0 unspecified atom stereocenters. The van der Waals surface area contributed by atoms with Gasteiger partial charge in [-0.1, -0.05) is 60.7 Å². The summed E-state index contributed by atoms with van der Waals surface area (Å²) in [5.41, 5.74) is 3.82. The van der Waals surface area contributed by atoms with Gasteiger partial charge < -0.3 is 10.1 Å². The Morgan fingerprint density at radius 3 is 2.26 bits per heavy atom. The van der Waals surface area contributed by atoms with Crippen LogP contribution in [0, 0.1) is 0 Å². The minimum Gasteiger partial charge on any atom is -0.488 e. The highest BCUT2D eigenvalue weighted by molar-refractivity contribution is 5.68. The summed E-state index contributed by atoms with van der Waals surface area (Å²) < 4.78 is 6.05. The fourth-order valence-electron chi connectivity index (χ4n) is 2.76. The van der Waals surface area contributed by atoms with Gasteiger partial charge in [-0.3, -0.25) is 0 Å². The summed E-state index contributed by atoms with van der Waals surface area (Å²) in [5.74, 6) is 1.35. The lowest BCUT2D eigenvalue weighted by molar-refractivity contribution is 0.307. The van der Waals surface area contributed by atoms with Crippen LogP contribution in [0.4, 0.5) is 11.6 Å². The van der Waals surface area contributed by atoms with Gasteiger partial charge in [0.25, 0.3) is 0 Å². The first-order chi connectivity index (χ1) is 13.4. The lowest BCUT2D eigenvalue weighted by Crippen LogP contribution is -2.00. The minimum atomic E-state index is 0.512. The van der Waals surface area contributed by atoms with Gasteiger partial charge in [-0.15, -0.1) is 0 Å². The van der Waals surface area contributed by atoms with Crippen molar-refractivity contribution in [3.8, 4) is 17.0 Å². The van der Waals surface area contributed by atoms with E-state index in [1.165, 1.54) is 0 Å². The zero-order valence-corrected chi connectivity index (χ0v) is 14.7. The maximum absolute atomic E-state index is 6.05. The Labute approximate surface area is 158 Å². The standard InChI is InChI=1S/C23H19N3O/c1-3-9-18(10-4-1)17-27-22-14-8-7-13-20(22)21-15-16-24-23(26-21)25-19-11-5-2-6-12-19/h1-16H,17H2,(H,24,25,26). The first-order valence-corrected chi connectivity index (χ1v) is 8.80. The molecule has 4 aromatic rings. The summed E-state index contributed by atoms with van der Waals surface area (Å²) >= 11 is 0. The summed E-state index contributed by atoms with van der Waals surface area (Å²) in [6.07, 6.45) is 1.75. The van der Waals surface area contributed by atoms with Crippen LogP contribution in [-0.4, -0.2) is 9.97 Å². The number of anilines is 2. The van der Waals surface area contributed by atoms with Crippen LogP contribution in [0.1, 0.15) is 5.56 Å². The van der Waals surface area contributed by atoms with Gasteiger partial charge in [0.1, 0.15) is 12.4 Å². The molecule has 0 saturated heterocycles. The molecule has 0 aliphatic rings. The quantitative estimate of drug-likeness (QED) is 0.499. The van der Waals surface area contributed by atoms with Crippen molar-refractivity contribution in [3.63, 3.8) is 0 Å². The van der Waals surface area contributed by atoms with Gasteiger partial charge in [-0.05, 0) is 35.9 Å². The summed E-state index contributed by atoms with van der Waals surface area (Å²) in [7, 11) is 0. The van der Waals surface area contributed by atoms with Crippen molar-refractivity contribution in [2.75, 3.05) is 5.32 Å². The second-order valence-electron chi connectivity index (χ2n) is 6.03. The van der Waals surface area contributed by atoms with E-state index in [-0.39, 0.29) is 0 Å². The van der Waals surface area contributed by atoms with Gasteiger partial charge in [0, 0.05) is 17.4 Å². The number of benzene rings is 3. The average molecular weight is 353 g/mol. The monoisotopic (exact) mass is 353 g/mol. The molecular weight excluding hydrogens is 334 g/mol. The van der Waals surface area contributed by atoms with Crippen LogP contribution in [0.2, 0.25) is 0 Å². The third-order valence-corrected chi connectivity index (χ3v) is 4.09. The molecule has 4 rings (SSSR count). The van der Waals surface area contributed by atoms with E-state index in [9.17, 15) is 0 Å².